The molecule has 7 aromatic rings. The first-order chi connectivity index (χ1) is 20.1. The van der Waals surface area contributed by atoms with Crippen molar-refractivity contribution in [2.75, 3.05) is 0 Å². The van der Waals surface area contributed by atoms with Gasteiger partial charge in [-0.05, 0) is 66.4 Å². The van der Waals surface area contributed by atoms with E-state index >= 15 is 0 Å². The lowest BCUT2D eigenvalue weighted by molar-refractivity contribution is 1.18. The second-order valence-corrected chi connectivity index (χ2v) is 10.6. The quantitative estimate of drug-likeness (QED) is 0.229. The summed E-state index contributed by atoms with van der Waals surface area (Å²) >= 11 is 0. The van der Waals surface area contributed by atoms with Crippen LogP contribution in [0.5, 0.6) is 0 Å². The van der Waals surface area contributed by atoms with Gasteiger partial charge in [0.2, 0.25) is 0 Å². The van der Waals surface area contributed by atoms with Crippen LogP contribution in [0, 0.1) is 25.2 Å². The Morgan fingerprint density at radius 1 is 0.561 bits per heavy atom. The molecule has 3 nitrogen and oxygen atoms in total. The van der Waals surface area contributed by atoms with Crippen molar-refractivity contribution in [1.29, 1.82) is 5.26 Å². The van der Waals surface area contributed by atoms with Crippen LogP contribution in [-0.2, 0) is 0 Å². The summed E-state index contributed by atoms with van der Waals surface area (Å²) in [6.07, 6.45) is 3.58. The van der Waals surface area contributed by atoms with Gasteiger partial charge in [-0.3, -0.25) is 4.98 Å². The molecule has 0 saturated heterocycles. The van der Waals surface area contributed by atoms with Crippen LogP contribution in [0.1, 0.15) is 16.7 Å². The summed E-state index contributed by atoms with van der Waals surface area (Å²) < 4.78 is 2.37. The molecule has 0 amide bonds. The van der Waals surface area contributed by atoms with E-state index < -0.39 is 0 Å². The van der Waals surface area contributed by atoms with Crippen LogP contribution < -0.4 is 0 Å². The highest BCUT2D eigenvalue weighted by Gasteiger charge is 2.20. The first-order valence-electron chi connectivity index (χ1n) is 13.8. The van der Waals surface area contributed by atoms with Gasteiger partial charge in [-0.15, -0.1) is 0 Å². The van der Waals surface area contributed by atoms with Crippen molar-refractivity contribution in [3.63, 3.8) is 0 Å². The van der Waals surface area contributed by atoms with Gasteiger partial charge in [-0.2, -0.15) is 5.26 Å². The fourth-order valence-electron chi connectivity index (χ4n) is 5.98. The summed E-state index contributed by atoms with van der Waals surface area (Å²) in [6, 6.07) is 43.0. The van der Waals surface area contributed by atoms with Crippen molar-refractivity contribution in [2.24, 2.45) is 0 Å². The van der Waals surface area contributed by atoms with Gasteiger partial charge in [0.1, 0.15) is 0 Å². The molecule has 5 aromatic carbocycles. The van der Waals surface area contributed by atoms with Crippen LogP contribution in [0.25, 0.3) is 60.9 Å². The molecule has 0 aliphatic rings. The van der Waals surface area contributed by atoms with Crippen molar-refractivity contribution < 1.29 is 0 Å². The first-order valence-corrected chi connectivity index (χ1v) is 13.8. The van der Waals surface area contributed by atoms with Crippen molar-refractivity contribution in [3.8, 4) is 45.1 Å². The van der Waals surface area contributed by atoms with Gasteiger partial charge < -0.3 is 4.57 Å². The predicted octanol–water partition coefficient (Wildman–Crippen LogP) is 9.67. The maximum atomic E-state index is 10.1. The average molecular weight is 526 g/mol. The Kier molecular flexibility index (Phi) is 5.95. The SMILES string of the molecule is Cc1cccc(-c2cccc3c4cccc(-c5cccc(C)c5)c4n(-c4cc(C#N)cc(-c5ccncc5)c4)c23)c1. The molecule has 0 unspecified atom stereocenters. The minimum absolute atomic E-state index is 0.616. The molecular weight excluding hydrogens is 498 g/mol. The van der Waals surface area contributed by atoms with Crippen molar-refractivity contribution in [1.82, 2.24) is 9.55 Å². The van der Waals surface area contributed by atoms with E-state index in [9.17, 15) is 5.26 Å². The van der Waals surface area contributed by atoms with Gasteiger partial charge in [0, 0.05) is 40.0 Å². The van der Waals surface area contributed by atoms with Gasteiger partial charge in [0.15, 0.2) is 0 Å². The van der Waals surface area contributed by atoms with Crippen LogP contribution in [0.2, 0.25) is 0 Å². The number of nitrogens with zero attached hydrogens (tertiary/aromatic N) is 3. The molecule has 0 aliphatic heterocycles. The van der Waals surface area contributed by atoms with E-state index in [2.05, 4.69) is 120 Å². The third-order valence-corrected chi connectivity index (χ3v) is 7.79. The molecular formula is C38H27N3. The molecule has 41 heavy (non-hydrogen) atoms. The monoisotopic (exact) mass is 525 g/mol. The number of fused-ring (bicyclic) bond motifs is 3. The Balaban J connectivity index is 1.66. The van der Waals surface area contributed by atoms with Crippen molar-refractivity contribution in [3.05, 3.63) is 144 Å². The Morgan fingerprint density at radius 3 is 1.66 bits per heavy atom. The summed E-state index contributed by atoms with van der Waals surface area (Å²) in [4.78, 5) is 4.20. The molecule has 7 rings (SSSR count). The summed E-state index contributed by atoms with van der Waals surface area (Å²) in [5, 5.41) is 12.5. The van der Waals surface area contributed by atoms with Gasteiger partial charge in [-0.1, -0.05) is 96.1 Å². The number of aromatic nitrogens is 2. The van der Waals surface area contributed by atoms with Crippen LogP contribution in [0.4, 0.5) is 0 Å². The van der Waals surface area contributed by atoms with E-state index in [1.807, 2.05) is 24.3 Å². The Labute approximate surface area is 239 Å². The maximum absolute atomic E-state index is 10.1. The van der Waals surface area contributed by atoms with Gasteiger partial charge in [-0.25, -0.2) is 0 Å². The zero-order valence-corrected chi connectivity index (χ0v) is 23.0. The maximum Gasteiger partial charge on any atom is 0.0992 e. The Hall–Kier alpha value is -5.46. The molecule has 0 bridgehead atoms. The topological polar surface area (TPSA) is 41.6 Å². The average Bonchev–Trinajstić information content (AvgIpc) is 3.36. The van der Waals surface area contributed by atoms with Crippen LogP contribution >= 0.6 is 0 Å². The highest BCUT2D eigenvalue weighted by atomic mass is 15.0. The lowest BCUT2D eigenvalue weighted by atomic mass is 9.99. The number of nitriles is 1. The third-order valence-electron chi connectivity index (χ3n) is 7.79. The number of benzene rings is 5. The second kappa shape index (κ2) is 9.93. The zero-order valence-electron chi connectivity index (χ0n) is 23.0. The normalized spacial score (nSPS) is 11.1. The summed E-state index contributed by atoms with van der Waals surface area (Å²) in [5.74, 6) is 0. The lowest BCUT2D eigenvalue weighted by Gasteiger charge is -2.16. The number of aryl methyl sites for hydroxylation is 2. The van der Waals surface area contributed by atoms with Crippen molar-refractivity contribution >= 4 is 21.8 Å². The van der Waals surface area contributed by atoms with Gasteiger partial charge in [0.25, 0.3) is 0 Å². The molecule has 0 spiro atoms. The third kappa shape index (κ3) is 4.27. The molecule has 3 heteroatoms. The summed E-state index contributed by atoms with van der Waals surface area (Å²) in [6.45, 7) is 4.26. The van der Waals surface area contributed by atoms with Crippen LogP contribution in [-0.4, -0.2) is 9.55 Å². The molecule has 0 atom stereocenters. The minimum Gasteiger partial charge on any atom is -0.308 e. The van der Waals surface area contributed by atoms with Crippen LogP contribution in [0.15, 0.2) is 128 Å². The van der Waals surface area contributed by atoms with E-state index in [-0.39, 0.29) is 0 Å². The van der Waals surface area contributed by atoms with E-state index in [0.717, 1.165) is 39.0 Å². The van der Waals surface area contributed by atoms with E-state index in [1.54, 1.807) is 12.4 Å². The van der Waals surface area contributed by atoms with Crippen molar-refractivity contribution in [2.45, 2.75) is 13.8 Å². The van der Waals surface area contributed by atoms with E-state index in [1.165, 1.54) is 33.0 Å². The zero-order chi connectivity index (χ0) is 27.9. The largest absolute Gasteiger partial charge is 0.308 e. The van der Waals surface area contributed by atoms with E-state index in [4.69, 9.17) is 0 Å². The summed E-state index contributed by atoms with van der Waals surface area (Å²) in [7, 11) is 0. The molecule has 0 radical (unpaired) electrons. The first kappa shape index (κ1) is 24.6. The van der Waals surface area contributed by atoms with Crippen LogP contribution in [0.3, 0.4) is 0 Å². The smallest absolute Gasteiger partial charge is 0.0992 e. The number of hydrogen-bond acceptors (Lipinski definition) is 2. The molecule has 2 heterocycles. The molecule has 194 valence electrons. The van der Waals surface area contributed by atoms with Gasteiger partial charge in [0.05, 0.1) is 22.7 Å². The number of para-hydroxylation sites is 2. The number of pyridine rings is 1. The highest BCUT2D eigenvalue weighted by molar-refractivity contribution is 6.17. The molecule has 0 N–H and O–H groups in total. The second-order valence-electron chi connectivity index (χ2n) is 10.6. The minimum atomic E-state index is 0.616. The number of hydrogen-bond donors (Lipinski definition) is 0. The molecule has 0 fully saturated rings. The Morgan fingerprint density at radius 2 is 1.12 bits per heavy atom. The standard InChI is InChI=1S/C38H27N3/c1-25-7-3-9-29(19-25)33-11-5-13-35-36-14-6-12-34(30-10-4-8-26(2)20-30)38(36)41(37(33)35)32-22-27(24-39)21-31(23-32)28-15-17-40-18-16-28/h3-23H,1-2H3. The fraction of sp³-hybridized carbons (Fsp3) is 0.0526. The van der Waals surface area contributed by atoms with Gasteiger partial charge >= 0.3 is 0 Å². The number of rotatable bonds is 4. The predicted molar refractivity (Wildman–Crippen MR) is 169 cm³/mol. The molecule has 0 aliphatic carbocycles. The van der Waals surface area contributed by atoms with E-state index in [0.29, 0.717) is 5.56 Å². The molecule has 0 saturated carbocycles. The summed E-state index contributed by atoms with van der Waals surface area (Å²) in [5.41, 5.74) is 12.9. The molecule has 2 aromatic heterocycles. The lowest BCUT2D eigenvalue weighted by Crippen LogP contribution is -1.99. The fourth-order valence-corrected chi connectivity index (χ4v) is 5.98. The highest BCUT2D eigenvalue weighted by Crippen LogP contribution is 2.42. The Bertz CT molecular complexity index is 2030.